The first-order chi connectivity index (χ1) is 5.13. The van der Waals surface area contributed by atoms with Gasteiger partial charge in [0.15, 0.2) is 0 Å². The molecular formula is C5H6N2O4. The van der Waals surface area contributed by atoms with Crippen molar-refractivity contribution in [2.24, 2.45) is 5.73 Å². The summed E-state index contributed by atoms with van der Waals surface area (Å²) in [4.78, 5) is 20.9. The number of aromatic nitrogens is 1. The van der Waals surface area contributed by atoms with Gasteiger partial charge in [0, 0.05) is 0 Å². The molecule has 6 nitrogen and oxygen atoms in total. The number of carboxylic acids is 1. The van der Waals surface area contributed by atoms with Crippen LogP contribution in [-0.4, -0.2) is 16.2 Å². The molecule has 0 bridgehead atoms. The summed E-state index contributed by atoms with van der Waals surface area (Å²) in [5.74, 6) is -1.27. The normalized spacial score (nSPS) is 12.8. The fraction of sp³-hybridized carbons (Fsp3) is 0.200. The van der Waals surface area contributed by atoms with Gasteiger partial charge in [-0.25, -0.2) is 0 Å². The lowest BCUT2D eigenvalue weighted by molar-refractivity contribution is -0.138. The zero-order valence-corrected chi connectivity index (χ0v) is 5.40. The third-order valence-electron chi connectivity index (χ3n) is 1.20. The molecule has 1 aromatic heterocycles. The maximum atomic E-state index is 10.7. The van der Waals surface area contributed by atoms with Crippen molar-refractivity contribution in [3.05, 3.63) is 22.2 Å². The van der Waals surface area contributed by atoms with Crippen molar-refractivity contribution in [1.29, 1.82) is 0 Å². The molecule has 0 aliphatic carbocycles. The Labute approximate surface area is 60.6 Å². The van der Waals surface area contributed by atoms with Crippen LogP contribution in [0.25, 0.3) is 0 Å². The third-order valence-corrected chi connectivity index (χ3v) is 1.20. The first kappa shape index (κ1) is 7.55. The second-order valence-electron chi connectivity index (χ2n) is 1.94. The summed E-state index contributed by atoms with van der Waals surface area (Å²) in [6.07, 6.45) is 0.987. The monoisotopic (exact) mass is 158 g/mol. The summed E-state index contributed by atoms with van der Waals surface area (Å²) in [5.41, 5.74) is 4.41. The van der Waals surface area contributed by atoms with Crippen LogP contribution in [0.2, 0.25) is 0 Å². The van der Waals surface area contributed by atoms with E-state index in [2.05, 4.69) is 4.52 Å². The summed E-state index contributed by atoms with van der Waals surface area (Å²) >= 11 is 0. The van der Waals surface area contributed by atoms with Gasteiger partial charge in [-0.05, 0) is 0 Å². The molecule has 1 aromatic rings. The molecule has 0 saturated carbocycles. The summed E-state index contributed by atoms with van der Waals surface area (Å²) in [6, 6.07) is -1.32. The van der Waals surface area contributed by atoms with Crippen molar-refractivity contribution in [2.75, 3.05) is 0 Å². The first-order valence-corrected chi connectivity index (χ1v) is 2.77. The molecule has 0 aromatic carbocycles. The molecular weight excluding hydrogens is 152 g/mol. The van der Waals surface area contributed by atoms with E-state index in [0.717, 1.165) is 6.26 Å². The van der Waals surface area contributed by atoms with Crippen LogP contribution in [0.5, 0.6) is 0 Å². The van der Waals surface area contributed by atoms with E-state index in [9.17, 15) is 9.59 Å². The molecule has 4 N–H and O–H groups in total. The van der Waals surface area contributed by atoms with E-state index >= 15 is 0 Å². The molecule has 0 saturated heterocycles. The lowest BCUT2D eigenvalue weighted by Crippen LogP contribution is -2.25. The maximum absolute atomic E-state index is 10.7. The molecule has 60 valence electrons. The van der Waals surface area contributed by atoms with Crippen molar-refractivity contribution in [3.63, 3.8) is 0 Å². The Morgan fingerprint density at radius 2 is 2.45 bits per heavy atom. The van der Waals surface area contributed by atoms with Gasteiger partial charge in [0.25, 0.3) is 5.56 Å². The number of aromatic amines is 1. The average molecular weight is 158 g/mol. The topological polar surface area (TPSA) is 109 Å². The minimum atomic E-state index is -1.32. The number of carbonyl (C=O) groups is 1. The minimum Gasteiger partial charge on any atom is -0.480 e. The van der Waals surface area contributed by atoms with E-state index in [0.29, 0.717) is 0 Å². The van der Waals surface area contributed by atoms with Gasteiger partial charge in [-0.15, -0.1) is 0 Å². The van der Waals surface area contributed by atoms with Gasteiger partial charge in [0.2, 0.25) is 0 Å². The Balaban J connectivity index is 3.02. The van der Waals surface area contributed by atoms with Crippen LogP contribution < -0.4 is 11.3 Å². The predicted octanol–water partition coefficient (Wildman–Crippen LogP) is -0.948. The van der Waals surface area contributed by atoms with E-state index in [4.69, 9.17) is 10.8 Å². The number of nitrogens with one attached hydrogen (secondary N) is 1. The number of carboxylic acid groups (broad SMARTS) is 1. The zero-order chi connectivity index (χ0) is 8.43. The molecule has 11 heavy (non-hydrogen) atoms. The number of aliphatic carboxylic acids is 1. The third kappa shape index (κ3) is 1.30. The fourth-order valence-corrected chi connectivity index (χ4v) is 0.606. The Morgan fingerprint density at radius 3 is 2.82 bits per heavy atom. The van der Waals surface area contributed by atoms with Crippen LogP contribution in [0.1, 0.15) is 11.6 Å². The Morgan fingerprint density at radius 1 is 1.82 bits per heavy atom. The van der Waals surface area contributed by atoms with Crippen LogP contribution in [0.4, 0.5) is 0 Å². The predicted molar refractivity (Wildman–Crippen MR) is 33.9 cm³/mol. The van der Waals surface area contributed by atoms with Gasteiger partial charge >= 0.3 is 5.97 Å². The Bertz CT molecular complexity index is 312. The van der Waals surface area contributed by atoms with Gasteiger partial charge in [-0.2, -0.15) is 5.16 Å². The van der Waals surface area contributed by atoms with Crippen molar-refractivity contribution >= 4 is 5.97 Å². The van der Waals surface area contributed by atoms with Crippen LogP contribution in [0.15, 0.2) is 15.6 Å². The summed E-state index contributed by atoms with van der Waals surface area (Å²) < 4.78 is 4.34. The zero-order valence-electron chi connectivity index (χ0n) is 5.40. The standard InChI is InChI=1S/C5H6N2O4/c6-3(5(9)10)2-1-11-7-4(2)8/h1,3H,6H2,(H,7,8)(H,9,10). The van der Waals surface area contributed by atoms with Gasteiger partial charge < -0.3 is 15.4 Å². The number of hydrogen-bond acceptors (Lipinski definition) is 4. The number of rotatable bonds is 2. The number of H-pyrrole nitrogens is 1. The molecule has 0 fully saturated rings. The van der Waals surface area contributed by atoms with Crippen LogP contribution in [0.3, 0.4) is 0 Å². The molecule has 0 aliphatic rings. The highest BCUT2D eigenvalue weighted by Crippen LogP contribution is 2.02. The lowest BCUT2D eigenvalue weighted by Gasteiger charge is -1.97. The molecule has 0 radical (unpaired) electrons. The summed E-state index contributed by atoms with van der Waals surface area (Å²) in [5, 5.41) is 10.3. The average Bonchev–Trinajstić information content (AvgIpc) is 2.33. The van der Waals surface area contributed by atoms with E-state index in [1.54, 1.807) is 0 Å². The highest BCUT2D eigenvalue weighted by molar-refractivity contribution is 5.74. The van der Waals surface area contributed by atoms with Gasteiger partial charge in [-0.3, -0.25) is 9.59 Å². The maximum Gasteiger partial charge on any atom is 0.325 e. The number of nitrogens with two attached hydrogens (primary N) is 1. The summed E-state index contributed by atoms with van der Waals surface area (Å²) in [6.45, 7) is 0. The molecule has 0 amide bonds. The van der Waals surface area contributed by atoms with Crippen LogP contribution in [-0.2, 0) is 4.79 Å². The quantitative estimate of drug-likeness (QED) is 0.514. The highest BCUT2D eigenvalue weighted by atomic mass is 16.5. The smallest absolute Gasteiger partial charge is 0.325 e. The second-order valence-corrected chi connectivity index (χ2v) is 1.94. The minimum absolute atomic E-state index is 0.0856. The first-order valence-electron chi connectivity index (χ1n) is 2.77. The molecule has 0 spiro atoms. The van der Waals surface area contributed by atoms with Crippen molar-refractivity contribution in [2.45, 2.75) is 6.04 Å². The largest absolute Gasteiger partial charge is 0.480 e. The summed E-state index contributed by atoms with van der Waals surface area (Å²) in [7, 11) is 0. The highest BCUT2D eigenvalue weighted by Gasteiger charge is 2.18. The van der Waals surface area contributed by atoms with E-state index in [-0.39, 0.29) is 5.56 Å². The SMILES string of the molecule is NC(C(=O)O)c1co[nH]c1=O. The van der Waals surface area contributed by atoms with Gasteiger partial charge in [-0.1, -0.05) is 0 Å². The van der Waals surface area contributed by atoms with Crippen LogP contribution in [0, 0.1) is 0 Å². The van der Waals surface area contributed by atoms with Crippen molar-refractivity contribution in [3.8, 4) is 0 Å². The van der Waals surface area contributed by atoms with Crippen LogP contribution >= 0.6 is 0 Å². The molecule has 0 aliphatic heterocycles. The second kappa shape index (κ2) is 2.59. The van der Waals surface area contributed by atoms with Crippen molar-refractivity contribution < 1.29 is 14.4 Å². The van der Waals surface area contributed by atoms with E-state index in [1.165, 1.54) is 0 Å². The molecule has 1 heterocycles. The van der Waals surface area contributed by atoms with Gasteiger partial charge in [0.05, 0.1) is 5.56 Å². The molecule has 1 unspecified atom stereocenters. The van der Waals surface area contributed by atoms with E-state index < -0.39 is 17.6 Å². The lowest BCUT2D eigenvalue weighted by atomic mass is 10.2. The molecule has 6 heteroatoms. The molecule has 1 rings (SSSR count). The van der Waals surface area contributed by atoms with Crippen molar-refractivity contribution in [1.82, 2.24) is 5.16 Å². The Kier molecular flexibility index (Phi) is 1.77. The fourth-order valence-electron chi connectivity index (χ4n) is 0.606. The number of hydrogen-bond donors (Lipinski definition) is 3. The Hall–Kier alpha value is -1.56. The van der Waals surface area contributed by atoms with E-state index in [1.807, 2.05) is 5.16 Å². The molecule has 1 atom stereocenters. The van der Waals surface area contributed by atoms with Gasteiger partial charge in [0.1, 0.15) is 12.3 Å².